The molecule has 0 bridgehead atoms. The van der Waals surface area contributed by atoms with Crippen LogP contribution in [-0.2, 0) is 12.6 Å². The van der Waals surface area contributed by atoms with E-state index in [0.29, 0.717) is 24.0 Å². The monoisotopic (exact) mass is 662 g/mol. The van der Waals surface area contributed by atoms with Crippen LogP contribution in [0.5, 0.6) is 0 Å². The highest BCUT2D eigenvalue weighted by molar-refractivity contribution is 6.07. The van der Waals surface area contributed by atoms with Gasteiger partial charge in [-0.25, -0.2) is 0 Å². The average molecular weight is 663 g/mol. The summed E-state index contributed by atoms with van der Waals surface area (Å²) in [7, 11) is 0. The second-order valence-corrected chi connectivity index (χ2v) is 13.9. The molecule has 2 atom stereocenters. The molecule has 1 aromatic heterocycles. The summed E-state index contributed by atoms with van der Waals surface area (Å²) in [6, 6.07) is 23.6. The van der Waals surface area contributed by atoms with E-state index in [1.807, 2.05) is 36.4 Å². The van der Waals surface area contributed by atoms with Crippen molar-refractivity contribution in [3.8, 4) is 17.2 Å². The van der Waals surface area contributed by atoms with Crippen molar-refractivity contribution in [2.75, 3.05) is 26.2 Å². The molecule has 0 saturated carbocycles. The van der Waals surface area contributed by atoms with Gasteiger partial charge in [-0.3, -0.25) is 9.78 Å². The van der Waals surface area contributed by atoms with Gasteiger partial charge in [0.25, 0.3) is 5.91 Å². The molecule has 5 nitrogen and oxygen atoms in total. The number of likely N-dealkylation sites (tertiary alicyclic amines) is 2. The number of hydrogen-bond acceptors (Lipinski definition) is 4. The van der Waals surface area contributed by atoms with E-state index in [-0.39, 0.29) is 17.9 Å². The Bertz CT molecular complexity index is 1900. The van der Waals surface area contributed by atoms with Gasteiger partial charge in [0.1, 0.15) is 0 Å². The number of carbonyl (C=O) groups excluding carboxylic acids is 1. The molecule has 252 valence electrons. The van der Waals surface area contributed by atoms with Crippen molar-refractivity contribution in [3.05, 3.63) is 112 Å². The number of hydrogen-bond donors (Lipinski definition) is 0. The van der Waals surface area contributed by atoms with Crippen molar-refractivity contribution in [2.24, 2.45) is 0 Å². The first-order chi connectivity index (χ1) is 23.7. The van der Waals surface area contributed by atoms with Gasteiger partial charge >= 0.3 is 6.18 Å². The zero-order valence-corrected chi connectivity index (χ0v) is 27.7. The number of amides is 1. The standard InChI is InChI=1S/C41H41F3N4O/c42-41(43,44)34-9-4-8-32(23-34)30-7-3-6-28(11-14-30)22-35-25-38(40(49)48-21-5-10-36(48)27-47-19-1-2-20-47)37-24-33(17-18-39(37)46-35)31-15-12-29(26-45)13-16-31/h4,8-9,11-13,15-18,23-25,30,36H,1-3,5-7,10,14,19-22,27H2/t30?,36-/m0/s1. The summed E-state index contributed by atoms with van der Waals surface area (Å²) in [5.74, 6) is 0.0802. The molecule has 1 aliphatic carbocycles. The molecule has 3 aromatic carbocycles. The van der Waals surface area contributed by atoms with E-state index in [2.05, 4.69) is 28.0 Å². The SMILES string of the molecule is N#Cc1ccc(-c2ccc3nc(CC4=CCC(c5cccc(C(F)(F)F)c5)CCC4)cc(C(=O)N4CCC[C@H]4CN4CCCC4)c3c2)cc1. The second-order valence-electron chi connectivity index (χ2n) is 13.9. The molecule has 4 aromatic rings. The Morgan fingerprint density at radius 3 is 2.47 bits per heavy atom. The van der Waals surface area contributed by atoms with Crippen LogP contribution >= 0.6 is 0 Å². The van der Waals surface area contributed by atoms with Crippen LogP contribution in [0.25, 0.3) is 22.0 Å². The summed E-state index contributed by atoms with van der Waals surface area (Å²) >= 11 is 0. The zero-order chi connectivity index (χ0) is 34.0. The number of fused-ring (bicyclic) bond motifs is 1. The maximum absolute atomic E-state index is 14.5. The minimum absolute atomic E-state index is 0.0323. The van der Waals surface area contributed by atoms with E-state index in [1.165, 1.54) is 30.5 Å². The number of alkyl halides is 3. The molecule has 7 rings (SSSR count). The lowest BCUT2D eigenvalue weighted by Gasteiger charge is -2.29. The fraction of sp³-hybridized carbons (Fsp3) is 0.390. The third-order valence-electron chi connectivity index (χ3n) is 10.6. The topological polar surface area (TPSA) is 60.2 Å². The fourth-order valence-electron chi connectivity index (χ4n) is 7.94. The van der Waals surface area contributed by atoms with E-state index in [0.717, 1.165) is 97.6 Å². The van der Waals surface area contributed by atoms with Crippen molar-refractivity contribution < 1.29 is 18.0 Å². The van der Waals surface area contributed by atoms with Crippen molar-refractivity contribution in [2.45, 2.75) is 75.9 Å². The Morgan fingerprint density at radius 1 is 0.898 bits per heavy atom. The van der Waals surface area contributed by atoms with Gasteiger partial charge in [0.05, 0.1) is 28.3 Å². The molecule has 2 fully saturated rings. The Labute approximate surface area is 286 Å². The largest absolute Gasteiger partial charge is 0.416 e. The Morgan fingerprint density at radius 2 is 1.69 bits per heavy atom. The molecule has 49 heavy (non-hydrogen) atoms. The van der Waals surface area contributed by atoms with Crippen molar-refractivity contribution in [3.63, 3.8) is 0 Å². The van der Waals surface area contributed by atoms with E-state index in [1.54, 1.807) is 12.1 Å². The van der Waals surface area contributed by atoms with Gasteiger partial charge in [-0.15, -0.1) is 0 Å². The molecule has 3 heterocycles. The maximum atomic E-state index is 14.5. The first-order valence-corrected chi connectivity index (χ1v) is 17.6. The van der Waals surface area contributed by atoms with Gasteiger partial charge in [0, 0.05) is 36.6 Å². The number of benzene rings is 3. The maximum Gasteiger partial charge on any atom is 0.416 e. The van der Waals surface area contributed by atoms with E-state index in [9.17, 15) is 23.2 Å². The number of halogens is 3. The normalized spacial score (nSPS) is 20.3. The van der Waals surface area contributed by atoms with E-state index in [4.69, 9.17) is 4.98 Å². The predicted octanol–water partition coefficient (Wildman–Crippen LogP) is 9.32. The fourth-order valence-corrected chi connectivity index (χ4v) is 7.94. The van der Waals surface area contributed by atoms with Gasteiger partial charge in [0.15, 0.2) is 0 Å². The summed E-state index contributed by atoms with van der Waals surface area (Å²) < 4.78 is 40.2. The molecule has 8 heteroatoms. The van der Waals surface area contributed by atoms with Gasteiger partial charge in [-0.1, -0.05) is 48.0 Å². The first-order valence-electron chi connectivity index (χ1n) is 17.6. The third kappa shape index (κ3) is 7.43. The number of carbonyl (C=O) groups is 1. The van der Waals surface area contributed by atoms with E-state index >= 15 is 0 Å². The summed E-state index contributed by atoms with van der Waals surface area (Å²) in [5.41, 5.74) is 6.14. The van der Waals surface area contributed by atoms with Crippen LogP contribution in [-0.4, -0.2) is 52.9 Å². The number of aromatic nitrogens is 1. The Hall–Kier alpha value is -4.48. The van der Waals surface area contributed by atoms with Crippen LogP contribution in [0.2, 0.25) is 0 Å². The van der Waals surface area contributed by atoms with Crippen LogP contribution in [0.15, 0.2) is 84.4 Å². The summed E-state index contributed by atoms with van der Waals surface area (Å²) in [5, 5.41) is 10.1. The minimum atomic E-state index is -4.36. The highest BCUT2D eigenvalue weighted by Gasteiger charge is 2.33. The number of nitriles is 1. The molecule has 1 amide bonds. The van der Waals surface area contributed by atoms with Gasteiger partial charge in [-0.05, 0) is 123 Å². The lowest BCUT2D eigenvalue weighted by Crippen LogP contribution is -2.42. The van der Waals surface area contributed by atoms with Crippen LogP contribution < -0.4 is 0 Å². The highest BCUT2D eigenvalue weighted by atomic mass is 19.4. The summed E-state index contributed by atoms with van der Waals surface area (Å²) in [6.07, 6.45) is 6.09. The molecular weight excluding hydrogens is 621 g/mol. The lowest BCUT2D eigenvalue weighted by molar-refractivity contribution is -0.137. The van der Waals surface area contributed by atoms with Crippen LogP contribution in [0.3, 0.4) is 0 Å². The van der Waals surface area contributed by atoms with Gasteiger partial charge < -0.3 is 9.80 Å². The van der Waals surface area contributed by atoms with Crippen LogP contribution in [0, 0.1) is 11.3 Å². The summed E-state index contributed by atoms with van der Waals surface area (Å²) in [4.78, 5) is 24.2. The highest BCUT2D eigenvalue weighted by Crippen LogP contribution is 2.36. The third-order valence-corrected chi connectivity index (χ3v) is 10.6. The second kappa shape index (κ2) is 14.2. The quantitative estimate of drug-likeness (QED) is 0.185. The summed E-state index contributed by atoms with van der Waals surface area (Å²) in [6.45, 7) is 3.85. The molecule has 3 aliphatic rings. The number of rotatable bonds is 7. The Balaban J connectivity index is 1.20. The van der Waals surface area contributed by atoms with Crippen LogP contribution in [0.1, 0.15) is 90.0 Å². The molecule has 2 saturated heterocycles. The number of pyridine rings is 1. The minimum Gasteiger partial charge on any atom is -0.334 e. The van der Waals surface area contributed by atoms with Gasteiger partial charge in [-0.2, -0.15) is 18.4 Å². The predicted molar refractivity (Wildman–Crippen MR) is 186 cm³/mol. The van der Waals surface area contributed by atoms with Crippen LogP contribution in [0.4, 0.5) is 13.2 Å². The van der Waals surface area contributed by atoms with Crippen molar-refractivity contribution >= 4 is 16.8 Å². The number of nitrogens with zero attached hydrogens (tertiary/aromatic N) is 4. The molecule has 0 spiro atoms. The Kier molecular flexibility index (Phi) is 9.55. The smallest absolute Gasteiger partial charge is 0.334 e. The van der Waals surface area contributed by atoms with Gasteiger partial charge in [0.2, 0.25) is 0 Å². The molecule has 0 N–H and O–H groups in total. The first kappa shape index (κ1) is 33.0. The van der Waals surface area contributed by atoms with Crippen molar-refractivity contribution in [1.82, 2.24) is 14.8 Å². The number of allylic oxidation sites excluding steroid dienone is 2. The lowest BCUT2D eigenvalue weighted by atomic mass is 9.91. The molecule has 2 aliphatic heterocycles. The average Bonchev–Trinajstić information content (AvgIpc) is 3.75. The zero-order valence-electron chi connectivity index (χ0n) is 27.7. The molecular formula is C41H41F3N4O. The molecule has 0 radical (unpaired) electrons. The van der Waals surface area contributed by atoms with E-state index < -0.39 is 11.7 Å². The van der Waals surface area contributed by atoms with Crippen molar-refractivity contribution in [1.29, 1.82) is 5.26 Å². The molecule has 1 unspecified atom stereocenters.